The molecular weight excluding hydrogens is 358 g/mol. The number of carbonyl (C=O) groups is 1. The number of nitrogens with zero attached hydrogens (tertiary/aromatic N) is 2. The Morgan fingerprint density at radius 1 is 1.17 bits per heavy atom. The zero-order valence-electron chi connectivity index (χ0n) is 12.4. The zero-order valence-corrected chi connectivity index (χ0v) is 14.0. The lowest BCUT2D eigenvalue weighted by Gasteiger charge is -2.11. The molecule has 0 saturated heterocycles. The summed E-state index contributed by atoms with van der Waals surface area (Å²) in [6.45, 7) is 1.59. The molecule has 2 aromatic carbocycles. The Hall–Kier alpha value is -2.47. The third-order valence-corrected chi connectivity index (χ3v) is 3.97. The van der Waals surface area contributed by atoms with E-state index in [2.05, 4.69) is 26.2 Å². The standard InChI is InChI=1S/C17H14BrN3O2/c1-11-17(23)21(15-5-3-2-4-14(15)19-11)10-16(22)20-13-8-6-12(18)7-9-13/h2-9H,10H2,1H3,(H,20,22). The third kappa shape index (κ3) is 3.32. The van der Waals surface area contributed by atoms with Crippen molar-refractivity contribution in [2.24, 2.45) is 0 Å². The maximum absolute atomic E-state index is 12.3. The van der Waals surface area contributed by atoms with Gasteiger partial charge in [0.25, 0.3) is 5.56 Å². The lowest BCUT2D eigenvalue weighted by atomic mass is 10.2. The zero-order chi connectivity index (χ0) is 16.4. The number of para-hydroxylation sites is 2. The first kappa shape index (κ1) is 15.4. The van der Waals surface area contributed by atoms with Crippen LogP contribution in [0.3, 0.4) is 0 Å². The van der Waals surface area contributed by atoms with E-state index in [4.69, 9.17) is 0 Å². The predicted molar refractivity (Wildman–Crippen MR) is 93.5 cm³/mol. The van der Waals surface area contributed by atoms with Crippen molar-refractivity contribution < 1.29 is 4.79 Å². The largest absolute Gasteiger partial charge is 0.325 e. The van der Waals surface area contributed by atoms with Gasteiger partial charge in [-0.2, -0.15) is 0 Å². The number of carbonyl (C=O) groups excluding carboxylic acids is 1. The van der Waals surface area contributed by atoms with Gasteiger partial charge >= 0.3 is 0 Å². The number of nitrogens with one attached hydrogen (secondary N) is 1. The molecule has 6 heteroatoms. The summed E-state index contributed by atoms with van der Waals surface area (Å²) < 4.78 is 2.38. The van der Waals surface area contributed by atoms with Crippen LogP contribution in [0.4, 0.5) is 5.69 Å². The third-order valence-electron chi connectivity index (χ3n) is 3.45. The quantitative estimate of drug-likeness (QED) is 0.769. The Morgan fingerprint density at radius 3 is 2.61 bits per heavy atom. The van der Waals surface area contributed by atoms with Crippen LogP contribution >= 0.6 is 15.9 Å². The van der Waals surface area contributed by atoms with Gasteiger partial charge in [0.2, 0.25) is 5.91 Å². The first-order chi connectivity index (χ1) is 11.0. The number of amides is 1. The molecule has 1 aromatic heterocycles. The minimum Gasteiger partial charge on any atom is -0.325 e. The molecule has 1 heterocycles. The topological polar surface area (TPSA) is 64.0 Å². The highest BCUT2D eigenvalue weighted by Crippen LogP contribution is 2.14. The van der Waals surface area contributed by atoms with E-state index in [1.54, 1.807) is 25.1 Å². The predicted octanol–water partition coefficient (Wildman–Crippen LogP) is 3.11. The summed E-state index contributed by atoms with van der Waals surface area (Å²) >= 11 is 3.34. The highest BCUT2D eigenvalue weighted by atomic mass is 79.9. The van der Waals surface area contributed by atoms with Gasteiger partial charge in [0.15, 0.2) is 0 Å². The molecule has 1 amide bonds. The highest BCUT2D eigenvalue weighted by Gasteiger charge is 2.11. The van der Waals surface area contributed by atoms with Gasteiger partial charge in [-0.1, -0.05) is 28.1 Å². The van der Waals surface area contributed by atoms with Crippen molar-refractivity contribution in [2.45, 2.75) is 13.5 Å². The Bertz CT molecular complexity index is 933. The van der Waals surface area contributed by atoms with Crippen LogP contribution in [-0.4, -0.2) is 15.5 Å². The molecule has 3 rings (SSSR count). The summed E-state index contributed by atoms with van der Waals surface area (Å²) in [5, 5.41) is 2.79. The molecule has 0 atom stereocenters. The molecule has 116 valence electrons. The van der Waals surface area contributed by atoms with E-state index in [0.29, 0.717) is 22.4 Å². The van der Waals surface area contributed by atoms with Gasteiger partial charge in [-0.25, -0.2) is 4.98 Å². The molecule has 0 fully saturated rings. The van der Waals surface area contributed by atoms with Crippen molar-refractivity contribution in [2.75, 3.05) is 5.32 Å². The first-order valence-electron chi connectivity index (χ1n) is 7.06. The summed E-state index contributed by atoms with van der Waals surface area (Å²) in [6, 6.07) is 14.6. The fourth-order valence-electron chi connectivity index (χ4n) is 2.35. The van der Waals surface area contributed by atoms with Crippen LogP contribution in [0, 0.1) is 6.92 Å². The second-order valence-corrected chi connectivity index (χ2v) is 6.05. The minimum absolute atomic E-state index is 0.0568. The van der Waals surface area contributed by atoms with Crippen LogP contribution in [0.25, 0.3) is 11.0 Å². The number of fused-ring (bicyclic) bond motifs is 1. The molecule has 5 nitrogen and oxygen atoms in total. The molecule has 23 heavy (non-hydrogen) atoms. The number of benzene rings is 2. The van der Waals surface area contributed by atoms with Crippen LogP contribution in [0.2, 0.25) is 0 Å². The van der Waals surface area contributed by atoms with Crippen LogP contribution < -0.4 is 10.9 Å². The molecule has 0 spiro atoms. The van der Waals surface area contributed by atoms with E-state index in [1.807, 2.05) is 30.3 Å². The summed E-state index contributed by atoms with van der Waals surface area (Å²) in [5.41, 5.74) is 2.14. The van der Waals surface area contributed by atoms with Gasteiger partial charge in [-0.3, -0.25) is 14.2 Å². The molecule has 1 N–H and O–H groups in total. The fraction of sp³-hybridized carbons (Fsp3) is 0.118. The molecule has 0 aliphatic carbocycles. The fourth-order valence-corrected chi connectivity index (χ4v) is 2.62. The van der Waals surface area contributed by atoms with Crippen molar-refractivity contribution in [3.05, 3.63) is 69.1 Å². The van der Waals surface area contributed by atoms with Gasteiger partial charge in [0.05, 0.1) is 11.0 Å². The highest BCUT2D eigenvalue weighted by molar-refractivity contribution is 9.10. The minimum atomic E-state index is -0.259. The molecule has 0 radical (unpaired) electrons. The average molecular weight is 372 g/mol. The van der Waals surface area contributed by atoms with Crippen LogP contribution in [0.1, 0.15) is 5.69 Å². The van der Waals surface area contributed by atoms with E-state index in [9.17, 15) is 9.59 Å². The summed E-state index contributed by atoms with van der Waals surface area (Å²) in [6.07, 6.45) is 0. The van der Waals surface area contributed by atoms with Gasteiger partial charge < -0.3 is 5.32 Å². The molecule has 0 bridgehead atoms. The number of aryl methyl sites for hydroxylation is 1. The lowest BCUT2D eigenvalue weighted by Crippen LogP contribution is -2.30. The number of rotatable bonds is 3. The van der Waals surface area contributed by atoms with Gasteiger partial charge in [-0.15, -0.1) is 0 Å². The SMILES string of the molecule is Cc1nc2ccccc2n(CC(=O)Nc2ccc(Br)cc2)c1=O. The van der Waals surface area contributed by atoms with E-state index in [1.165, 1.54) is 4.57 Å². The van der Waals surface area contributed by atoms with Crippen molar-refractivity contribution in [1.82, 2.24) is 9.55 Å². The average Bonchev–Trinajstić information content (AvgIpc) is 2.54. The van der Waals surface area contributed by atoms with E-state index in [0.717, 1.165) is 4.47 Å². The van der Waals surface area contributed by atoms with Crippen molar-refractivity contribution >= 4 is 38.6 Å². The summed E-state index contributed by atoms with van der Waals surface area (Å²) in [4.78, 5) is 28.9. The number of anilines is 1. The van der Waals surface area contributed by atoms with Gasteiger partial charge in [-0.05, 0) is 43.3 Å². The number of hydrogen-bond donors (Lipinski definition) is 1. The molecule has 3 aromatic rings. The molecule has 0 saturated carbocycles. The van der Waals surface area contributed by atoms with E-state index in [-0.39, 0.29) is 18.0 Å². The second-order valence-electron chi connectivity index (χ2n) is 5.13. The first-order valence-corrected chi connectivity index (χ1v) is 7.85. The van der Waals surface area contributed by atoms with Gasteiger partial charge in [0.1, 0.15) is 12.2 Å². The Balaban J connectivity index is 1.91. The summed E-state index contributed by atoms with van der Waals surface area (Å²) in [5.74, 6) is -0.259. The molecular formula is C17H14BrN3O2. The maximum atomic E-state index is 12.3. The van der Waals surface area contributed by atoms with Crippen molar-refractivity contribution in [3.63, 3.8) is 0 Å². The Labute approximate surface area is 141 Å². The number of halogens is 1. The van der Waals surface area contributed by atoms with E-state index >= 15 is 0 Å². The second kappa shape index (κ2) is 6.34. The van der Waals surface area contributed by atoms with Crippen molar-refractivity contribution in [3.8, 4) is 0 Å². The normalized spacial score (nSPS) is 10.7. The van der Waals surface area contributed by atoms with Crippen LogP contribution in [-0.2, 0) is 11.3 Å². The number of hydrogen-bond acceptors (Lipinski definition) is 3. The molecule has 0 aliphatic heterocycles. The number of aromatic nitrogens is 2. The Kier molecular flexibility index (Phi) is 4.25. The molecule has 0 unspecified atom stereocenters. The monoisotopic (exact) mass is 371 g/mol. The van der Waals surface area contributed by atoms with Crippen molar-refractivity contribution in [1.29, 1.82) is 0 Å². The van der Waals surface area contributed by atoms with E-state index < -0.39 is 0 Å². The summed E-state index contributed by atoms with van der Waals surface area (Å²) in [7, 11) is 0. The van der Waals surface area contributed by atoms with Crippen LogP contribution in [0.15, 0.2) is 57.8 Å². The maximum Gasteiger partial charge on any atom is 0.272 e. The van der Waals surface area contributed by atoms with Gasteiger partial charge in [0, 0.05) is 10.2 Å². The lowest BCUT2D eigenvalue weighted by molar-refractivity contribution is -0.116. The molecule has 0 aliphatic rings. The smallest absolute Gasteiger partial charge is 0.272 e. The van der Waals surface area contributed by atoms with Crippen LogP contribution in [0.5, 0.6) is 0 Å². The Morgan fingerprint density at radius 2 is 1.87 bits per heavy atom.